The molecule has 3 aromatic carbocycles. The summed E-state index contributed by atoms with van der Waals surface area (Å²) in [6, 6.07) is 21.9. The molecule has 0 radical (unpaired) electrons. The van der Waals surface area contributed by atoms with Gasteiger partial charge in [-0.2, -0.15) is 0 Å². The number of H-pyrrole nitrogens is 1. The molecule has 1 aliphatic rings. The van der Waals surface area contributed by atoms with E-state index in [4.69, 9.17) is 0 Å². The van der Waals surface area contributed by atoms with Crippen LogP contribution >= 0.6 is 0 Å². The Morgan fingerprint density at radius 3 is 2.46 bits per heavy atom. The molecule has 0 bridgehead atoms. The van der Waals surface area contributed by atoms with Crippen molar-refractivity contribution in [1.82, 2.24) is 9.55 Å². The van der Waals surface area contributed by atoms with Crippen molar-refractivity contribution in [2.75, 3.05) is 0 Å². The van der Waals surface area contributed by atoms with E-state index < -0.39 is 0 Å². The molecule has 0 saturated carbocycles. The van der Waals surface area contributed by atoms with E-state index in [1.807, 2.05) is 0 Å². The van der Waals surface area contributed by atoms with Crippen molar-refractivity contribution in [3.63, 3.8) is 0 Å². The van der Waals surface area contributed by atoms with Gasteiger partial charge in [-0.25, -0.2) is 0 Å². The number of nitrogens with zero attached hydrogens (tertiary/aromatic N) is 1. The number of fused-ring (bicyclic) bond motifs is 7. The average molecular weight is 334 g/mol. The summed E-state index contributed by atoms with van der Waals surface area (Å²) >= 11 is 0. The van der Waals surface area contributed by atoms with Crippen LogP contribution in [0.3, 0.4) is 0 Å². The molecule has 5 aromatic rings. The highest BCUT2D eigenvalue weighted by atomic mass is 15.0. The molecule has 124 valence electrons. The van der Waals surface area contributed by atoms with E-state index in [0.717, 1.165) is 12.8 Å². The maximum Gasteiger partial charge on any atom is 0.0780 e. The number of hydrogen-bond donors (Lipinski definition) is 1. The molecule has 6 rings (SSSR count). The Bertz CT molecular complexity index is 1380. The van der Waals surface area contributed by atoms with Gasteiger partial charge in [0.2, 0.25) is 0 Å². The highest BCUT2D eigenvalue weighted by Gasteiger charge is 2.18. The van der Waals surface area contributed by atoms with E-state index >= 15 is 0 Å². The molecule has 2 nitrogen and oxygen atoms in total. The van der Waals surface area contributed by atoms with Crippen LogP contribution in [0.4, 0.5) is 0 Å². The molecule has 0 aliphatic heterocycles. The summed E-state index contributed by atoms with van der Waals surface area (Å²) in [5, 5.41) is 5.22. The third kappa shape index (κ3) is 1.76. The average Bonchev–Trinajstić information content (AvgIpc) is 3.24. The quantitative estimate of drug-likeness (QED) is 0.355. The molecule has 0 unspecified atom stereocenters. The van der Waals surface area contributed by atoms with Gasteiger partial charge in [-0.1, -0.05) is 60.7 Å². The van der Waals surface area contributed by atoms with Crippen LogP contribution in [0, 0.1) is 0 Å². The number of aromatic nitrogens is 2. The van der Waals surface area contributed by atoms with Crippen LogP contribution in [0.25, 0.3) is 49.3 Å². The van der Waals surface area contributed by atoms with Crippen LogP contribution in [0.15, 0.2) is 78.9 Å². The van der Waals surface area contributed by atoms with E-state index in [1.54, 1.807) is 0 Å². The smallest absolute Gasteiger partial charge is 0.0780 e. The Morgan fingerprint density at radius 1 is 0.769 bits per heavy atom. The minimum atomic E-state index is 1.07. The lowest BCUT2D eigenvalue weighted by molar-refractivity contribution is 0.980. The van der Waals surface area contributed by atoms with Crippen molar-refractivity contribution < 1.29 is 0 Å². The Hall–Kier alpha value is -3.26. The van der Waals surface area contributed by atoms with E-state index in [-0.39, 0.29) is 0 Å². The molecule has 0 saturated heterocycles. The molecule has 0 amide bonds. The van der Waals surface area contributed by atoms with Crippen LogP contribution in [0.1, 0.15) is 12.8 Å². The second-order valence-corrected chi connectivity index (χ2v) is 7.03. The summed E-state index contributed by atoms with van der Waals surface area (Å²) < 4.78 is 2.46. The number of para-hydroxylation sites is 2. The minimum absolute atomic E-state index is 1.07. The van der Waals surface area contributed by atoms with Crippen molar-refractivity contribution in [1.29, 1.82) is 0 Å². The van der Waals surface area contributed by atoms with Crippen molar-refractivity contribution in [3.05, 3.63) is 78.9 Å². The fourth-order valence-electron chi connectivity index (χ4n) is 4.44. The van der Waals surface area contributed by atoms with E-state index in [0.29, 0.717) is 0 Å². The molecule has 0 fully saturated rings. The minimum Gasteiger partial charge on any atom is -0.353 e. The van der Waals surface area contributed by atoms with Crippen LogP contribution in [-0.4, -0.2) is 9.55 Å². The first-order valence-corrected chi connectivity index (χ1v) is 9.20. The topological polar surface area (TPSA) is 20.7 Å². The summed E-state index contributed by atoms with van der Waals surface area (Å²) in [5.41, 5.74) is 6.38. The highest BCUT2D eigenvalue weighted by molar-refractivity contribution is 6.23. The molecule has 2 heteroatoms. The lowest BCUT2D eigenvalue weighted by Crippen LogP contribution is -1.99. The lowest BCUT2D eigenvalue weighted by atomic mass is 10.1. The SMILES string of the molecule is C1=CCCC(n2c3ccccc3c3ccc4c5ccccc5[nH]c4c32)=C1. The number of allylic oxidation sites excluding steroid dienone is 4. The Balaban J connectivity index is 1.88. The van der Waals surface area contributed by atoms with Crippen LogP contribution < -0.4 is 0 Å². The Labute approximate surface area is 151 Å². The van der Waals surface area contributed by atoms with Gasteiger partial charge in [0.15, 0.2) is 0 Å². The standard InChI is InChI=1S/C24H18N2/c1-2-8-16(9-3-1)26-22-13-7-5-11-18(22)20-15-14-19-17-10-4-6-12-21(17)25-23(19)24(20)26/h1-2,4-8,10-15,25H,3,9H2. The van der Waals surface area contributed by atoms with Gasteiger partial charge in [0.05, 0.1) is 16.6 Å². The fourth-order valence-corrected chi connectivity index (χ4v) is 4.44. The van der Waals surface area contributed by atoms with E-state index in [2.05, 4.69) is 88.4 Å². The van der Waals surface area contributed by atoms with Crippen LogP contribution in [-0.2, 0) is 0 Å². The van der Waals surface area contributed by atoms with Gasteiger partial charge < -0.3 is 9.55 Å². The third-order valence-corrected chi connectivity index (χ3v) is 5.59. The number of nitrogens with one attached hydrogen (secondary N) is 1. The van der Waals surface area contributed by atoms with Gasteiger partial charge in [0.1, 0.15) is 0 Å². The summed E-state index contributed by atoms with van der Waals surface area (Å²) in [7, 11) is 0. The van der Waals surface area contributed by atoms with Crippen molar-refractivity contribution in [2.24, 2.45) is 0 Å². The summed E-state index contributed by atoms with van der Waals surface area (Å²) in [4.78, 5) is 3.70. The zero-order valence-electron chi connectivity index (χ0n) is 14.4. The number of rotatable bonds is 1. The zero-order valence-corrected chi connectivity index (χ0v) is 14.4. The van der Waals surface area contributed by atoms with E-state index in [1.165, 1.54) is 49.3 Å². The predicted molar refractivity (Wildman–Crippen MR) is 111 cm³/mol. The van der Waals surface area contributed by atoms with Gasteiger partial charge in [-0.15, -0.1) is 0 Å². The molecule has 0 spiro atoms. The van der Waals surface area contributed by atoms with Crippen LogP contribution in [0.2, 0.25) is 0 Å². The van der Waals surface area contributed by atoms with Gasteiger partial charge in [0, 0.05) is 32.8 Å². The largest absolute Gasteiger partial charge is 0.353 e. The molecule has 26 heavy (non-hydrogen) atoms. The second kappa shape index (κ2) is 5.12. The second-order valence-electron chi connectivity index (χ2n) is 7.03. The monoisotopic (exact) mass is 334 g/mol. The summed E-state index contributed by atoms with van der Waals surface area (Å²) in [5.74, 6) is 0. The molecule has 1 aliphatic carbocycles. The highest BCUT2D eigenvalue weighted by Crippen LogP contribution is 2.39. The van der Waals surface area contributed by atoms with Gasteiger partial charge in [0.25, 0.3) is 0 Å². The van der Waals surface area contributed by atoms with Crippen molar-refractivity contribution in [3.8, 4) is 0 Å². The number of hydrogen-bond acceptors (Lipinski definition) is 0. The van der Waals surface area contributed by atoms with Gasteiger partial charge in [-0.3, -0.25) is 0 Å². The normalized spacial score (nSPS) is 14.7. The molecule has 0 atom stereocenters. The third-order valence-electron chi connectivity index (χ3n) is 5.59. The number of aromatic amines is 1. The molecular weight excluding hydrogens is 316 g/mol. The Kier molecular flexibility index (Phi) is 2.75. The van der Waals surface area contributed by atoms with Gasteiger partial charge in [-0.05, 0) is 31.1 Å². The lowest BCUT2D eigenvalue weighted by Gasteiger charge is -2.14. The van der Waals surface area contributed by atoms with Gasteiger partial charge >= 0.3 is 0 Å². The fraction of sp³-hybridized carbons (Fsp3) is 0.0833. The summed E-state index contributed by atoms with van der Waals surface area (Å²) in [6.07, 6.45) is 8.86. The zero-order chi connectivity index (χ0) is 17.1. The first kappa shape index (κ1) is 14.0. The van der Waals surface area contributed by atoms with E-state index in [9.17, 15) is 0 Å². The first-order valence-electron chi connectivity index (χ1n) is 9.20. The van der Waals surface area contributed by atoms with Crippen LogP contribution in [0.5, 0.6) is 0 Å². The maximum atomic E-state index is 3.70. The number of benzene rings is 3. The van der Waals surface area contributed by atoms with Crippen molar-refractivity contribution in [2.45, 2.75) is 12.8 Å². The predicted octanol–water partition coefficient (Wildman–Crippen LogP) is 6.62. The molecule has 1 N–H and O–H groups in total. The molecular formula is C24H18N2. The maximum absolute atomic E-state index is 3.70. The molecule has 2 heterocycles. The first-order chi connectivity index (χ1) is 12.9. The Morgan fingerprint density at radius 2 is 1.58 bits per heavy atom. The molecule has 2 aromatic heterocycles. The van der Waals surface area contributed by atoms with Crippen molar-refractivity contribution >= 4 is 49.3 Å². The summed E-state index contributed by atoms with van der Waals surface area (Å²) in [6.45, 7) is 0.